The molecule has 2 aromatic rings. The first-order valence-corrected chi connectivity index (χ1v) is 10.0. The second-order valence-electron chi connectivity index (χ2n) is 6.60. The number of amides is 1. The highest BCUT2D eigenvalue weighted by atomic mass is 35.5. The number of hydrogen-bond donors (Lipinski definition) is 4. The Balaban J connectivity index is 1.59. The van der Waals surface area contributed by atoms with Crippen LogP contribution in [0.3, 0.4) is 0 Å². The Morgan fingerprint density at radius 1 is 1.52 bits per heavy atom. The van der Waals surface area contributed by atoms with Crippen LogP contribution in [0.15, 0.2) is 0 Å². The molecule has 0 aromatic carbocycles. The molecule has 148 valence electrons. The van der Waals surface area contributed by atoms with Crippen molar-refractivity contribution >= 4 is 34.0 Å². The average molecular weight is 415 g/mol. The van der Waals surface area contributed by atoms with Gasteiger partial charge in [-0.05, 0) is 12.8 Å². The first-order chi connectivity index (χ1) is 12.9. The van der Waals surface area contributed by atoms with Crippen molar-refractivity contribution in [3.05, 3.63) is 21.7 Å². The van der Waals surface area contributed by atoms with E-state index in [1.165, 1.54) is 11.3 Å². The maximum atomic E-state index is 12.4. The maximum absolute atomic E-state index is 12.4. The predicted octanol–water partition coefficient (Wildman–Crippen LogP) is 0.942. The summed E-state index contributed by atoms with van der Waals surface area (Å²) in [6, 6.07) is -0.383. The van der Waals surface area contributed by atoms with Crippen LogP contribution in [0, 0.1) is 0 Å². The number of piperidine rings is 1. The van der Waals surface area contributed by atoms with Gasteiger partial charge in [0.05, 0.1) is 24.4 Å². The lowest BCUT2D eigenvalue weighted by Gasteiger charge is -2.35. The Labute approximate surface area is 165 Å². The lowest BCUT2D eigenvalue weighted by Crippen LogP contribution is -2.54. The average Bonchev–Trinajstić information content (AvgIpc) is 3.29. The van der Waals surface area contributed by atoms with Gasteiger partial charge >= 0.3 is 0 Å². The molecule has 0 aliphatic carbocycles. The molecule has 9 nitrogen and oxygen atoms in total. The molecule has 3 atom stereocenters. The summed E-state index contributed by atoms with van der Waals surface area (Å²) in [7, 11) is 0. The SMILES string of the molecule is CCc1[nH]c(C(=O)N[C@@H]2CCN(c3nnc([C@@H](C)CO)s3)C[C@@H]2O)nc1Cl. The molecule has 2 aromatic heterocycles. The van der Waals surface area contributed by atoms with Crippen LogP contribution in [0.5, 0.6) is 0 Å². The molecule has 0 saturated carbocycles. The first-order valence-electron chi connectivity index (χ1n) is 8.85. The van der Waals surface area contributed by atoms with Crippen molar-refractivity contribution in [3.63, 3.8) is 0 Å². The van der Waals surface area contributed by atoms with Crippen LogP contribution in [-0.2, 0) is 6.42 Å². The molecular weight excluding hydrogens is 392 g/mol. The number of H-pyrrole nitrogens is 1. The second kappa shape index (κ2) is 8.51. The quantitative estimate of drug-likeness (QED) is 0.554. The largest absolute Gasteiger partial charge is 0.396 e. The van der Waals surface area contributed by atoms with Crippen molar-refractivity contribution in [1.82, 2.24) is 25.5 Å². The standard InChI is InChI=1S/C16H23ClN6O3S/c1-3-9-12(17)20-13(18-9)14(26)19-10-4-5-23(6-11(10)25)16-22-21-15(27-16)8(2)7-24/h8,10-11,24-25H,3-7H2,1-2H3,(H,18,20)(H,19,26)/t8-,10+,11-/m0/s1. The molecule has 4 N–H and O–H groups in total. The van der Waals surface area contributed by atoms with Crippen molar-refractivity contribution in [3.8, 4) is 0 Å². The molecule has 1 fully saturated rings. The Morgan fingerprint density at radius 3 is 2.93 bits per heavy atom. The van der Waals surface area contributed by atoms with Gasteiger partial charge in [-0.1, -0.05) is 36.8 Å². The van der Waals surface area contributed by atoms with Gasteiger partial charge in [0, 0.05) is 19.0 Å². The predicted molar refractivity (Wildman–Crippen MR) is 102 cm³/mol. The number of aromatic amines is 1. The van der Waals surface area contributed by atoms with Gasteiger partial charge in [-0.25, -0.2) is 4.98 Å². The number of carbonyl (C=O) groups is 1. The van der Waals surface area contributed by atoms with E-state index < -0.39 is 6.10 Å². The minimum Gasteiger partial charge on any atom is -0.396 e. The molecule has 3 heterocycles. The smallest absolute Gasteiger partial charge is 0.287 e. The topological polar surface area (TPSA) is 127 Å². The molecule has 1 amide bonds. The van der Waals surface area contributed by atoms with E-state index in [2.05, 4.69) is 25.5 Å². The number of imidazole rings is 1. The number of β-amino-alcohol motifs (C(OH)–C–C–N with tert-alkyl or cyclic N) is 1. The van der Waals surface area contributed by atoms with Gasteiger partial charge < -0.3 is 25.4 Å². The summed E-state index contributed by atoms with van der Waals surface area (Å²) in [4.78, 5) is 21.2. The number of halogens is 1. The van der Waals surface area contributed by atoms with Crippen molar-refractivity contribution in [2.24, 2.45) is 0 Å². The van der Waals surface area contributed by atoms with Crippen LogP contribution in [0.1, 0.15) is 47.5 Å². The van der Waals surface area contributed by atoms with E-state index in [4.69, 9.17) is 11.6 Å². The monoisotopic (exact) mass is 414 g/mol. The normalized spacial score (nSPS) is 21.3. The van der Waals surface area contributed by atoms with Crippen LogP contribution >= 0.6 is 22.9 Å². The summed E-state index contributed by atoms with van der Waals surface area (Å²) in [5.41, 5.74) is 0.710. The van der Waals surface area contributed by atoms with E-state index in [1.54, 1.807) is 0 Å². The highest BCUT2D eigenvalue weighted by molar-refractivity contribution is 7.15. The highest BCUT2D eigenvalue weighted by Gasteiger charge is 2.31. The molecule has 11 heteroatoms. The summed E-state index contributed by atoms with van der Waals surface area (Å²) in [5, 5.41) is 32.5. The van der Waals surface area contributed by atoms with Gasteiger partial charge in [-0.2, -0.15) is 0 Å². The van der Waals surface area contributed by atoms with Crippen molar-refractivity contribution < 1.29 is 15.0 Å². The molecule has 1 aliphatic heterocycles. The number of carbonyl (C=O) groups excluding carboxylic acids is 1. The van der Waals surface area contributed by atoms with Gasteiger partial charge in [-0.15, -0.1) is 10.2 Å². The minimum absolute atomic E-state index is 0.0158. The van der Waals surface area contributed by atoms with Crippen LogP contribution in [-0.4, -0.2) is 68.1 Å². The Kier molecular flexibility index (Phi) is 6.30. The van der Waals surface area contributed by atoms with Crippen LogP contribution in [0.25, 0.3) is 0 Å². The number of aliphatic hydroxyl groups excluding tert-OH is 2. The number of aromatic nitrogens is 4. The molecule has 0 radical (unpaired) electrons. The molecule has 1 saturated heterocycles. The van der Waals surface area contributed by atoms with E-state index in [-0.39, 0.29) is 30.3 Å². The van der Waals surface area contributed by atoms with Crippen LogP contribution in [0.4, 0.5) is 5.13 Å². The van der Waals surface area contributed by atoms with Crippen molar-refractivity contribution in [2.45, 2.75) is 44.8 Å². The molecule has 0 unspecified atom stereocenters. The number of anilines is 1. The van der Waals surface area contributed by atoms with Gasteiger partial charge in [0.1, 0.15) is 5.01 Å². The number of aliphatic hydroxyl groups is 2. The van der Waals surface area contributed by atoms with E-state index in [0.29, 0.717) is 41.9 Å². The Bertz CT molecular complexity index is 797. The van der Waals surface area contributed by atoms with E-state index in [1.807, 2.05) is 18.7 Å². The van der Waals surface area contributed by atoms with Gasteiger partial charge in [0.25, 0.3) is 5.91 Å². The third-order valence-corrected chi connectivity index (χ3v) is 6.12. The van der Waals surface area contributed by atoms with Crippen LogP contribution < -0.4 is 10.2 Å². The Hall–Kier alpha value is -1.75. The highest BCUT2D eigenvalue weighted by Crippen LogP contribution is 2.28. The molecule has 0 spiro atoms. The van der Waals surface area contributed by atoms with Gasteiger partial charge in [0.2, 0.25) is 5.13 Å². The zero-order valence-electron chi connectivity index (χ0n) is 15.1. The lowest BCUT2D eigenvalue weighted by atomic mass is 10.0. The Morgan fingerprint density at radius 2 is 2.30 bits per heavy atom. The van der Waals surface area contributed by atoms with Gasteiger partial charge in [-0.3, -0.25) is 4.79 Å². The van der Waals surface area contributed by atoms with Gasteiger partial charge in [0.15, 0.2) is 11.0 Å². The molecule has 0 bridgehead atoms. The van der Waals surface area contributed by atoms with Crippen molar-refractivity contribution in [2.75, 3.05) is 24.6 Å². The molecular formula is C16H23ClN6O3S. The second-order valence-corrected chi connectivity index (χ2v) is 7.94. The maximum Gasteiger partial charge on any atom is 0.287 e. The zero-order valence-corrected chi connectivity index (χ0v) is 16.7. The van der Waals surface area contributed by atoms with E-state index in [0.717, 1.165) is 5.01 Å². The number of aryl methyl sites for hydroxylation is 1. The zero-order chi connectivity index (χ0) is 19.6. The van der Waals surface area contributed by atoms with E-state index in [9.17, 15) is 15.0 Å². The third kappa shape index (κ3) is 4.40. The number of nitrogens with one attached hydrogen (secondary N) is 2. The summed E-state index contributed by atoms with van der Waals surface area (Å²) < 4.78 is 0. The fourth-order valence-corrected chi connectivity index (χ4v) is 4.06. The van der Waals surface area contributed by atoms with Crippen molar-refractivity contribution in [1.29, 1.82) is 0 Å². The number of hydrogen-bond acceptors (Lipinski definition) is 8. The fraction of sp³-hybridized carbons (Fsp3) is 0.625. The number of nitrogens with zero attached hydrogens (tertiary/aromatic N) is 4. The lowest BCUT2D eigenvalue weighted by molar-refractivity contribution is 0.0790. The molecule has 27 heavy (non-hydrogen) atoms. The third-order valence-electron chi connectivity index (χ3n) is 4.59. The first kappa shape index (κ1) is 20.0. The summed E-state index contributed by atoms with van der Waals surface area (Å²) >= 11 is 7.38. The van der Waals surface area contributed by atoms with E-state index >= 15 is 0 Å². The molecule has 1 aliphatic rings. The van der Waals surface area contributed by atoms with Crippen LogP contribution in [0.2, 0.25) is 5.15 Å². The fourth-order valence-electron chi connectivity index (χ4n) is 2.87. The summed E-state index contributed by atoms with van der Waals surface area (Å²) in [6.45, 7) is 4.78. The summed E-state index contributed by atoms with van der Waals surface area (Å²) in [6.07, 6.45) is 0.465. The summed E-state index contributed by atoms with van der Waals surface area (Å²) in [5.74, 6) is -0.298. The minimum atomic E-state index is -0.749. The molecule has 3 rings (SSSR count). The number of rotatable bonds is 6.